The van der Waals surface area contributed by atoms with E-state index in [1.54, 1.807) is 41.5 Å². The van der Waals surface area contributed by atoms with E-state index < -0.39 is 0 Å². The number of aldehydes is 1. The van der Waals surface area contributed by atoms with Crippen molar-refractivity contribution in [3.05, 3.63) is 47.5 Å². The van der Waals surface area contributed by atoms with E-state index in [1.165, 1.54) is 0 Å². The van der Waals surface area contributed by atoms with Crippen molar-refractivity contribution in [2.24, 2.45) is 0 Å². The summed E-state index contributed by atoms with van der Waals surface area (Å²) in [5.41, 5.74) is 1.33. The summed E-state index contributed by atoms with van der Waals surface area (Å²) < 4.78 is 1.76. The van der Waals surface area contributed by atoms with Gasteiger partial charge >= 0.3 is 0 Å². The molecule has 0 aliphatic carbocycles. The molecule has 0 aliphatic rings. The van der Waals surface area contributed by atoms with E-state index in [0.717, 1.165) is 12.0 Å². The molecule has 0 N–H and O–H groups in total. The Hall–Kier alpha value is -1.61. The molecule has 0 unspecified atom stereocenters. The second kappa shape index (κ2) is 3.64. The van der Waals surface area contributed by atoms with Crippen LogP contribution in [-0.2, 0) is 0 Å². The van der Waals surface area contributed by atoms with Gasteiger partial charge in [-0.1, -0.05) is 11.6 Å². The predicted octanol–water partition coefficient (Wildman–Crippen LogP) is 2.34. The van der Waals surface area contributed by atoms with Crippen LogP contribution in [0.25, 0.3) is 5.69 Å². The Morgan fingerprint density at radius 3 is 2.93 bits per heavy atom. The number of carbonyl (C=O) groups is 1. The quantitative estimate of drug-likeness (QED) is 0.707. The van der Waals surface area contributed by atoms with Gasteiger partial charge in [0.25, 0.3) is 0 Å². The van der Waals surface area contributed by atoms with Crippen LogP contribution in [0.3, 0.4) is 0 Å². The Morgan fingerprint density at radius 1 is 1.43 bits per heavy atom. The van der Waals surface area contributed by atoms with E-state index in [9.17, 15) is 4.79 Å². The predicted molar refractivity (Wildman–Crippen MR) is 54.0 cm³/mol. The minimum absolute atomic E-state index is 0.551. The molecule has 1 aromatic carbocycles. The number of benzene rings is 1. The molecule has 0 fully saturated rings. The van der Waals surface area contributed by atoms with Crippen LogP contribution in [0.2, 0.25) is 5.02 Å². The molecule has 2 rings (SSSR count). The van der Waals surface area contributed by atoms with Gasteiger partial charge in [-0.05, 0) is 18.2 Å². The first kappa shape index (κ1) is 8.97. The van der Waals surface area contributed by atoms with Gasteiger partial charge in [-0.3, -0.25) is 4.79 Å². The Labute approximate surface area is 86.0 Å². The Balaban J connectivity index is 2.58. The highest BCUT2D eigenvalue weighted by Crippen LogP contribution is 2.17. The van der Waals surface area contributed by atoms with Crippen molar-refractivity contribution in [1.82, 2.24) is 9.55 Å². The number of aromatic nitrogens is 2. The van der Waals surface area contributed by atoms with Crippen molar-refractivity contribution in [1.29, 1.82) is 0 Å². The molecule has 70 valence electrons. The van der Waals surface area contributed by atoms with Crippen LogP contribution in [0, 0.1) is 0 Å². The van der Waals surface area contributed by atoms with Gasteiger partial charge in [0.2, 0.25) is 0 Å². The summed E-state index contributed by atoms with van der Waals surface area (Å²) >= 11 is 5.77. The van der Waals surface area contributed by atoms with Crippen molar-refractivity contribution in [3.63, 3.8) is 0 Å². The van der Waals surface area contributed by atoms with E-state index in [0.29, 0.717) is 10.6 Å². The number of hydrogen-bond acceptors (Lipinski definition) is 2. The maximum Gasteiger partial charge on any atom is 0.152 e. The first-order valence-corrected chi connectivity index (χ1v) is 4.42. The molecule has 2 aromatic rings. The lowest BCUT2D eigenvalue weighted by molar-refractivity contribution is 0.112. The molecule has 0 saturated carbocycles. The third kappa shape index (κ3) is 1.54. The SMILES string of the molecule is O=Cc1cc(Cl)ccc1-n1ccnc1. The van der Waals surface area contributed by atoms with Gasteiger partial charge < -0.3 is 4.57 Å². The maximum absolute atomic E-state index is 10.8. The standard InChI is InChI=1S/C10H7ClN2O/c11-9-1-2-10(8(5-9)6-14)13-4-3-12-7-13/h1-7H. The summed E-state index contributed by atoms with van der Waals surface area (Å²) in [6.07, 6.45) is 5.84. The van der Waals surface area contributed by atoms with Gasteiger partial charge in [0.05, 0.1) is 12.0 Å². The molecule has 0 radical (unpaired) electrons. The molecule has 4 heteroatoms. The minimum Gasteiger partial charge on any atom is -0.306 e. The maximum atomic E-state index is 10.8. The number of imidazole rings is 1. The molecule has 0 spiro atoms. The summed E-state index contributed by atoms with van der Waals surface area (Å²) in [5, 5.41) is 0.552. The van der Waals surface area contributed by atoms with Crippen molar-refractivity contribution in [3.8, 4) is 5.69 Å². The van der Waals surface area contributed by atoms with Gasteiger partial charge in [-0.25, -0.2) is 4.98 Å². The highest BCUT2D eigenvalue weighted by atomic mass is 35.5. The van der Waals surface area contributed by atoms with E-state index in [4.69, 9.17) is 11.6 Å². The van der Waals surface area contributed by atoms with E-state index >= 15 is 0 Å². The summed E-state index contributed by atoms with van der Waals surface area (Å²) in [6.45, 7) is 0. The molecule has 0 atom stereocenters. The normalized spacial score (nSPS) is 10.1. The number of hydrogen-bond donors (Lipinski definition) is 0. The average Bonchev–Trinajstić information content (AvgIpc) is 2.70. The highest BCUT2D eigenvalue weighted by Gasteiger charge is 2.03. The lowest BCUT2D eigenvalue weighted by Gasteiger charge is -2.04. The monoisotopic (exact) mass is 206 g/mol. The minimum atomic E-state index is 0.551. The zero-order chi connectivity index (χ0) is 9.97. The van der Waals surface area contributed by atoms with E-state index in [1.807, 2.05) is 0 Å². The third-order valence-corrected chi connectivity index (χ3v) is 2.13. The summed E-state index contributed by atoms with van der Waals surface area (Å²) in [4.78, 5) is 14.7. The fourth-order valence-electron chi connectivity index (χ4n) is 1.26. The first-order chi connectivity index (χ1) is 6.81. The smallest absolute Gasteiger partial charge is 0.152 e. The first-order valence-electron chi connectivity index (χ1n) is 4.04. The number of rotatable bonds is 2. The molecule has 14 heavy (non-hydrogen) atoms. The summed E-state index contributed by atoms with van der Waals surface area (Å²) in [7, 11) is 0. The van der Waals surface area contributed by atoms with Crippen molar-refractivity contribution in [2.45, 2.75) is 0 Å². The summed E-state index contributed by atoms with van der Waals surface area (Å²) in [6, 6.07) is 5.15. The number of carbonyl (C=O) groups excluding carboxylic acids is 1. The highest BCUT2D eigenvalue weighted by molar-refractivity contribution is 6.30. The fraction of sp³-hybridized carbons (Fsp3) is 0. The van der Waals surface area contributed by atoms with Crippen LogP contribution in [0.4, 0.5) is 0 Å². The van der Waals surface area contributed by atoms with Gasteiger partial charge in [0.1, 0.15) is 0 Å². The van der Waals surface area contributed by atoms with Gasteiger partial charge in [0.15, 0.2) is 6.29 Å². The topological polar surface area (TPSA) is 34.9 Å². The second-order valence-corrected chi connectivity index (χ2v) is 3.23. The lowest BCUT2D eigenvalue weighted by atomic mass is 10.2. The van der Waals surface area contributed by atoms with Crippen molar-refractivity contribution < 1.29 is 4.79 Å². The largest absolute Gasteiger partial charge is 0.306 e. The number of halogens is 1. The average molecular weight is 207 g/mol. The van der Waals surface area contributed by atoms with E-state index in [-0.39, 0.29) is 0 Å². The molecule has 0 amide bonds. The van der Waals surface area contributed by atoms with Crippen LogP contribution in [0.5, 0.6) is 0 Å². The third-order valence-electron chi connectivity index (χ3n) is 1.90. The summed E-state index contributed by atoms with van der Waals surface area (Å²) in [5.74, 6) is 0. The van der Waals surface area contributed by atoms with Gasteiger partial charge in [0, 0.05) is 23.0 Å². The lowest BCUT2D eigenvalue weighted by Crippen LogP contribution is -1.95. The van der Waals surface area contributed by atoms with Crippen LogP contribution >= 0.6 is 11.6 Å². The molecule has 1 aromatic heterocycles. The Bertz CT molecular complexity index is 451. The zero-order valence-corrected chi connectivity index (χ0v) is 7.98. The van der Waals surface area contributed by atoms with Crippen molar-refractivity contribution >= 4 is 17.9 Å². The fourth-order valence-corrected chi connectivity index (χ4v) is 1.44. The second-order valence-electron chi connectivity index (χ2n) is 2.79. The van der Waals surface area contributed by atoms with Crippen LogP contribution in [0.15, 0.2) is 36.9 Å². The number of nitrogens with zero attached hydrogens (tertiary/aromatic N) is 2. The van der Waals surface area contributed by atoms with Gasteiger partial charge in [-0.2, -0.15) is 0 Å². The Morgan fingerprint density at radius 2 is 2.29 bits per heavy atom. The van der Waals surface area contributed by atoms with Gasteiger partial charge in [-0.15, -0.1) is 0 Å². The molecular weight excluding hydrogens is 200 g/mol. The van der Waals surface area contributed by atoms with Crippen LogP contribution < -0.4 is 0 Å². The van der Waals surface area contributed by atoms with Crippen LogP contribution in [0.1, 0.15) is 10.4 Å². The van der Waals surface area contributed by atoms with Crippen LogP contribution in [-0.4, -0.2) is 15.8 Å². The zero-order valence-electron chi connectivity index (χ0n) is 7.22. The molecule has 1 heterocycles. The molecule has 3 nitrogen and oxygen atoms in total. The molecule has 0 saturated heterocycles. The van der Waals surface area contributed by atoms with E-state index in [2.05, 4.69) is 4.98 Å². The molecule has 0 aliphatic heterocycles. The molecule has 0 bridgehead atoms. The van der Waals surface area contributed by atoms with Crippen molar-refractivity contribution in [2.75, 3.05) is 0 Å². The Kier molecular flexibility index (Phi) is 2.33. The molecular formula is C10H7ClN2O.